The molecule has 1 aliphatic rings. The molecule has 0 radical (unpaired) electrons. The van der Waals surface area contributed by atoms with Gasteiger partial charge in [0, 0.05) is 34.4 Å². The average Bonchev–Trinajstić information content (AvgIpc) is 3.17. The van der Waals surface area contributed by atoms with Crippen LogP contribution in [0.25, 0.3) is 22.3 Å². The number of carbonyl (C=O) groups is 2. The van der Waals surface area contributed by atoms with Crippen molar-refractivity contribution >= 4 is 23.4 Å². The molecule has 7 heteroatoms. The van der Waals surface area contributed by atoms with Crippen LogP contribution in [0.15, 0.2) is 48.7 Å². The molecule has 0 fully saturated rings. The minimum atomic E-state index is -0.555. The molecular weight excluding hydrogens is 406 g/mol. The van der Waals surface area contributed by atoms with E-state index in [1.54, 1.807) is 13.1 Å². The maximum absolute atomic E-state index is 12.4. The third-order valence-corrected chi connectivity index (χ3v) is 5.07. The normalized spacial score (nSPS) is 12.2. The summed E-state index contributed by atoms with van der Waals surface area (Å²) in [4.78, 5) is 27.6. The van der Waals surface area contributed by atoms with Crippen LogP contribution in [-0.4, -0.2) is 29.3 Å². The lowest BCUT2D eigenvalue weighted by Crippen LogP contribution is -2.27. The van der Waals surface area contributed by atoms with Gasteiger partial charge in [0.25, 0.3) is 0 Å². The minimum Gasteiger partial charge on any atom is -0.462 e. The van der Waals surface area contributed by atoms with Crippen molar-refractivity contribution in [3.8, 4) is 22.3 Å². The molecule has 3 aromatic rings. The number of fused-ring (bicyclic) bond motifs is 3. The molecule has 166 valence electrons. The quantitative estimate of drug-likeness (QED) is 0.452. The Morgan fingerprint density at radius 1 is 1.06 bits per heavy atom. The summed E-state index contributed by atoms with van der Waals surface area (Å²) in [6.07, 6.45) is 1.22. The van der Waals surface area contributed by atoms with Crippen LogP contribution in [0, 0.1) is 0 Å². The number of nitrogens with one attached hydrogen (secondary N) is 3. The van der Waals surface area contributed by atoms with Gasteiger partial charge >= 0.3 is 12.1 Å². The first-order valence-electron chi connectivity index (χ1n) is 10.6. The smallest absolute Gasteiger partial charge is 0.412 e. The molecule has 0 unspecified atom stereocenters. The van der Waals surface area contributed by atoms with E-state index in [1.165, 1.54) is 0 Å². The van der Waals surface area contributed by atoms with Crippen LogP contribution in [0.1, 0.15) is 43.7 Å². The Morgan fingerprint density at radius 3 is 2.47 bits per heavy atom. The van der Waals surface area contributed by atoms with Crippen molar-refractivity contribution in [3.63, 3.8) is 0 Å². The third-order valence-electron chi connectivity index (χ3n) is 5.07. The predicted molar refractivity (Wildman–Crippen MR) is 125 cm³/mol. The van der Waals surface area contributed by atoms with Crippen molar-refractivity contribution < 1.29 is 19.1 Å². The summed E-state index contributed by atoms with van der Waals surface area (Å²) in [5.41, 5.74) is 6.37. The van der Waals surface area contributed by atoms with E-state index < -0.39 is 11.7 Å². The maximum atomic E-state index is 12.4. The van der Waals surface area contributed by atoms with E-state index in [0.717, 1.165) is 33.6 Å². The predicted octanol–water partition coefficient (Wildman–Crippen LogP) is 5.80. The molecular formula is C25H27N3O4. The Bertz CT molecular complexity index is 1160. The van der Waals surface area contributed by atoms with Gasteiger partial charge in [-0.1, -0.05) is 18.2 Å². The molecule has 0 aliphatic carbocycles. The SMILES string of the molecule is CCOC(=O)c1c[nH]c2c1-c1cc(-c3ccc(NC(=O)OC(C)(C)C)cc3)ccc1NC2. The molecule has 3 N–H and O–H groups in total. The number of benzene rings is 2. The van der Waals surface area contributed by atoms with E-state index in [9.17, 15) is 9.59 Å². The molecule has 0 bridgehead atoms. The number of hydrogen-bond acceptors (Lipinski definition) is 5. The van der Waals surface area contributed by atoms with E-state index in [0.29, 0.717) is 24.4 Å². The topological polar surface area (TPSA) is 92.5 Å². The van der Waals surface area contributed by atoms with Gasteiger partial charge in [0.1, 0.15) is 5.60 Å². The van der Waals surface area contributed by atoms with Crippen LogP contribution < -0.4 is 10.6 Å². The Kier molecular flexibility index (Phi) is 5.65. The highest BCUT2D eigenvalue weighted by atomic mass is 16.6. The number of esters is 1. The van der Waals surface area contributed by atoms with Crippen LogP contribution in [0.5, 0.6) is 0 Å². The lowest BCUT2D eigenvalue weighted by atomic mass is 9.93. The number of amides is 1. The summed E-state index contributed by atoms with van der Waals surface area (Å²) >= 11 is 0. The molecule has 1 amide bonds. The second-order valence-corrected chi connectivity index (χ2v) is 8.59. The molecule has 0 atom stereocenters. The van der Waals surface area contributed by atoms with E-state index in [1.807, 2.05) is 57.2 Å². The Balaban J connectivity index is 1.61. The standard InChI is InChI=1S/C25H27N3O4/c1-5-31-23(29)19-13-26-21-14-27-20-11-8-16(12-18(20)22(19)21)15-6-9-17(10-7-15)28-24(30)32-25(2,3)4/h6-13,26-27H,5,14H2,1-4H3,(H,28,30). The van der Waals surface area contributed by atoms with Gasteiger partial charge in [0.05, 0.1) is 18.7 Å². The summed E-state index contributed by atoms with van der Waals surface area (Å²) in [5.74, 6) is -0.333. The number of hydrogen-bond donors (Lipinski definition) is 3. The number of H-pyrrole nitrogens is 1. The second kappa shape index (κ2) is 8.42. The number of aromatic nitrogens is 1. The van der Waals surface area contributed by atoms with Gasteiger partial charge in [-0.3, -0.25) is 5.32 Å². The number of carbonyl (C=O) groups excluding carboxylic acids is 2. The van der Waals surface area contributed by atoms with Gasteiger partial charge < -0.3 is 19.8 Å². The van der Waals surface area contributed by atoms with Gasteiger partial charge in [-0.05, 0) is 63.1 Å². The first kappa shape index (κ1) is 21.5. The Hall–Kier alpha value is -3.74. The molecule has 1 aliphatic heterocycles. The molecule has 0 spiro atoms. The number of aromatic amines is 1. The average molecular weight is 434 g/mol. The van der Waals surface area contributed by atoms with Crippen LogP contribution in [0.2, 0.25) is 0 Å². The molecule has 7 nitrogen and oxygen atoms in total. The van der Waals surface area contributed by atoms with Crippen molar-refractivity contribution in [2.75, 3.05) is 17.2 Å². The first-order chi connectivity index (χ1) is 15.2. The van der Waals surface area contributed by atoms with Crippen LogP contribution in [0.3, 0.4) is 0 Å². The summed E-state index contributed by atoms with van der Waals surface area (Å²) in [6.45, 7) is 8.21. The van der Waals surface area contributed by atoms with Crippen molar-refractivity contribution in [1.29, 1.82) is 0 Å². The number of anilines is 2. The van der Waals surface area contributed by atoms with E-state index >= 15 is 0 Å². The monoisotopic (exact) mass is 433 g/mol. The fourth-order valence-corrected chi connectivity index (χ4v) is 3.72. The lowest BCUT2D eigenvalue weighted by molar-refractivity contribution is 0.0526. The summed E-state index contributed by atoms with van der Waals surface area (Å²) in [6, 6.07) is 13.7. The number of rotatable bonds is 4. The second-order valence-electron chi connectivity index (χ2n) is 8.59. The van der Waals surface area contributed by atoms with E-state index in [2.05, 4.69) is 21.7 Å². The fraction of sp³-hybridized carbons (Fsp3) is 0.280. The van der Waals surface area contributed by atoms with E-state index in [-0.39, 0.29) is 5.97 Å². The zero-order valence-corrected chi connectivity index (χ0v) is 18.7. The third kappa shape index (κ3) is 4.46. The van der Waals surface area contributed by atoms with Gasteiger partial charge in [-0.25, -0.2) is 9.59 Å². The zero-order valence-electron chi connectivity index (χ0n) is 18.7. The molecule has 32 heavy (non-hydrogen) atoms. The van der Waals surface area contributed by atoms with Gasteiger partial charge in [-0.15, -0.1) is 0 Å². The van der Waals surface area contributed by atoms with Gasteiger partial charge in [-0.2, -0.15) is 0 Å². The molecule has 2 aromatic carbocycles. The Labute approximate surface area is 187 Å². The van der Waals surface area contributed by atoms with Crippen LogP contribution in [-0.2, 0) is 16.0 Å². The highest BCUT2D eigenvalue weighted by molar-refractivity contribution is 6.01. The largest absolute Gasteiger partial charge is 0.462 e. The highest BCUT2D eigenvalue weighted by Gasteiger charge is 2.25. The van der Waals surface area contributed by atoms with Crippen molar-refractivity contribution in [2.24, 2.45) is 0 Å². The zero-order chi connectivity index (χ0) is 22.9. The summed E-state index contributed by atoms with van der Waals surface area (Å²) in [7, 11) is 0. The van der Waals surface area contributed by atoms with Gasteiger partial charge in [0.2, 0.25) is 0 Å². The minimum absolute atomic E-state index is 0.327. The highest BCUT2D eigenvalue weighted by Crippen LogP contribution is 2.40. The van der Waals surface area contributed by atoms with Crippen LogP contribution >= 0.6 is 0 Å². The van der Waals surface area contributed by atoms with Crippen molar-refractivity contribution in [2.45, 2.75) is 39.8 Å². The molecule has 1 aromatic heterocycles. The first-order valence-corrected chi connectivity index (χ1v) is 10.6. The van der Waals surface area contributed by atoms with Gasteiger partial charge in [0.15, 0.2) is 0 Å². The van der Waals surface area contributed by atoms with E-state index in [4.69, 9.17) is 9.47 Å². The maximum Gasteiger partial charge on any atom is 0.412 e. The van der Waals surface area contributed by atoms with Crippen molar-refractivity contribution in [1.82, 2.24) is 4.98 Å². The van der Waals surface area contributed by atoms with Crippen LogP contribution in [0.4, 0.5) is 16.2 Å². The molecule has 0 saturated carbocycles. The molecule has 2 heterocycles. The molecule has 4 rings (SSSR count). The Morgan fingerprint density at radius 2 is 1.78 bits per heavy atom. The fourth-order valence-electron chi connectivity index (χ4n) is 3.72. The van der Waals surface area contributed by atoms with Crippen molar-refractivity contribution in [3.05, 3.63) is 59.9 Å². The lowest BCUT2D eigenvalue weighted by Gasteiger charge is -2.21. The molecule has 0 saturated heterocycles. The summed E-state index contributed by atoms with van der Waals surface area (Å²) in [5, 5.41) is 6.13. The number of ether oxygens (including phenoxy) is 2. The summed E-state index contributed by atoms with van der Waals surface area (Å²) < 4.78 is 10.5.